The van der Waals surface area contributed by atoms with E-state index in [-0.39, 0.29) is 11.6 Å². The minimum Gasteiger partial charge on any atom is -0.321 e. The Labute approximate surface area is 104 Å². The summed E-state index contributed by atoms with van der Waals surface area (Å²) in [5, 5.41) is 3.21. The van der Waals surface area contributed by atoms with Crippen LogP contribution in [0.4, 0.5) is 5.69 Å². The second-order valence-corrected chi connectivity index (χ2v) is 3.94. The lowest BCUT2D eigenvalue weighted by Crippen LogP contribution is -2.13. The summed E-state index contributed by atoms with van der Waals surface area (Å²) >= 11 is 5.79. The number of hydrogen-bond acceptors (Lipinski definition) is 3. The third-order valence-electron chi connectivity index (χ3n) is 2.11. The van der Waals surface area contributed by atoms with E-state index in [1.54, 1.807) is 24.4 Å². The zero-order valence-electron chi connectivity index (χ0n) is 9.14. The molecule has 2 heterocycles. The summed E-state index contributed by atoms with van der Waals surface area (Å²) in [5.41, 5.74) is 1.80. The van der Waals surface area contributed by atoms with Crippen LogP contribution >= 0.6 is 11.6 Å². The average Bonchev–Trinajstić information content (AvgIpc) is 2.29. The Kier molecular flexibility index (Phi) is 3.35. The van der Waals surface area contributed by atoms with Crippen molar-refractivity contribution in [3.05, 3.63) is 53.1 Å². The summed E-state index contributed by atoms with van der Waals surface area (Å²) in [6.07, 6.45) is 3.13. The van der Waals surface area contributed by atoms with Crippen LogP contribution in [0.25, 0.3) is 0 Å². The fourth-order valence-corrected chi connectivity index (χ4v) is 1.51. The Balaban J connectivity index is 2.17. The van der Waals surface area contributed by atoms with E-state index in [0.717, 1.165) is 5.69 Å². The molecular weight excluding hydrogens is 238 g/mol. The standard InChI is InChI=1S/C12H10ClN3O/c1-8-6-10(3-5-14-8)16-12(17)11-7-9(13)2-4-15-11/h2-7H,1H3,(H,14,16,17). The Morgan fingerprint density at radius 1 is 1.24 bits per heavy atom. The largest absolute Gasteiger partial charge is 0.321 e. The highest BCUT2D eigenvalue weighted by Gasteiger charge is 2.07. The molecule has 2 aromatic heterocycles. The molecule has 0 aromatic carbocycles. The molecule has 17 heavy (non-hydrogen) atoms. The van der Waals surface area contributed by atoms with Gasteiger partial charge in [0.15, 0.2) is 0 Å². The molecule has 0 saturated heterocycles. The number of anilines is 1. The van der Waals surface area contributed by atoms with Gasteiger partial charge in [-0.25, -0.2) is 0 Å². The first-order valence-electron chi connectivity index (χ1n) is 5.01. The summed E-state index contributed by atoms with van der Waals surface area (Å²) in [4.78, 5) is 19.8. The molecule has 1 amide bonds. The molecule has 0 atom stereocenters. The van der Waals surface area contributed by atoms with Crippen LogP contribution in [0.3, 0.4) is 0 Å². The van der Waals surface area contributed by atoms with Crippen molar-refractivity contribution in [1.29, 1.82) is 0 Å². The number of carbonyl (C=O) groups is 1. The molecule has 2 aromatic rings. The molecule has 0 fully saturated rings. The van der Waals surface area contributed by atoms with Crippen molar-refractivity contribution in [3.8, 4) is 0 Å². The van der Waals surface area contributed by atoms with E-state index in [0.29, 0.717) is 10.7 Å². The first kappa shape index (κ1) is 11.5. The highest BCUT2D eigenvalue weighted by Crippen LogP contribution is 2.11. The van der Waals surface area contributed by atoms with Gasteiger partial charge in [0.2, 0.25) is 0 Å². The Morgan fingerprint density at radius 2 is 2.00 bits per heavy atom. The van der Waals surface area contributed by atoms with Crippen molar-refractivity contribution >= 4 is 23.2 Å². The zero-order chi connectivity index (χ0) is 12.3. The van der Waals surface area contributed by atoms with E-state index in [1.165, 1.54) is 12.3 Å². The number of carbonyl (C=O) groups excluding carboxylic acids is 1. The molecule has 4 nitrogen and oxygen atoms in total. The van der Waals surface area contributed by atoms with Gasteiger partial charge in [0, 0.05) is 28.8 Å². The lowest BCUT2D eigenvalue weighted by atomic mass is 10.3. The minimum atomic E-state index is -0.293. The lowest BCUT2D eigenvalue weighted by Gasteiger charge is -2.05. The Hall–Kier alpha value is -1.94. The summed E-state index contributed by atoms with van der Waals surface area (Å²) in [6, 6.07) is 6.64. The molecule has 0 saturated carbocycles. The van der Waals surface area contributed by atoms with Crippen LogP contribution in [-0.4, -0.2) is 15.9 Å². The van der Waals surface area contributed by atoms with Crippen molar-refractivity contribution < 1.29 is 4.79 Å². The third-order valence-corrected chi connectivity index (χ3v) is 2.34. The molecule has 5 heteroatoms. The van der Waals surface area contributed by atoms with Crippen LogP contribution in [0.15, 0.2) is 36.7 Å². The van der Waals surface area contributed by atoms with Crippen LogP contribution in [0, 0.1) is 6.92 Å². The summed E-state index contributed by atoms with van der Waals surface area (Å²) in [7, 11) is 0. The van der Waals surface area contributed by atoms with Crippen molar-refractivity contribution in [2.45, 2.75) is 6.92 Å². The zero-order valence-corrected chi connectivity index (χ0v) is 9.90. The number of nitrogens with one attached hydrogen (secondary N) is 1. The number of aromatic nitrogens is 2. The molecule has 0 aliphatic carbocycles. The van der Waals surface area contributed by atoms with Gasteiger partial charge in [-0.05, 0) is 31.2 Å². The fraction of sp³-hybridized carbons (Fsp3) is 0.0833. The second kappa shape index (κ2) is 4.93. The van der Waals surface area contributed by atoms with Gasteiger partial charge >= 0.3 is 0 Å². The summed E-state index contributed by atoms with van der Waals surface area (Å²) in [5.74, 6) is -0.293. The van der Waals surface area contributed by atoms with Crippen LogP contribution in [0.1, 0.15) is 16.2 Å². The smallest absolute Gasteiger partial charge is 0.274 e. The lowest BCUT2D eigenvalue weighted by molar-refractivity contribution is 0.102. The molecule has 1 N–H and O–H groups in total. The fourth-order valence-electron chi connectivity index (χ4n) is 1.35. The molecule has 0 spiro atoms. The van der Waals surface area contributed by atoms with E-state index < -0.39 is 0 Å². The van der Waals surface area contributed by atoms with Gasteiger partial charge in [0.25, 0.3) is 5.91 Å². The SMILES string of the molecule is Cc1cc(NC(=O)c2cc(Cl)ccn2)ccn1. The van der Waals surface area contributed by atoms with E-state index >= 15 is 0 Å². The van der Waals surface area contributed by atoms with Crippen LogP contribution < -0.4 is 5.32 Å². The van der Waals surface area contributed by atoms with Gasteiger partial charge in [-0.3, -0.25) is 14.8 Å². The molecule has 0 bridgehead atoms. The van der Waals surface area contributed by atoms with E-state index in [9.17, 15) is 4.79 Å². The van der Waals surface area contributed by atoms with Gasteiger partial charge in [0.05, 0.1) is 0 Å². The van der Waals surface area contributed by atoms with Gasteiger partial charge in [-0.15, -0.1) is 0 Å². The van der Waals surface area contributed by atoms with Crippen LogP contribution in [0.5, 0.6) is 0 Å². The second-order valence-electron chi connectivity index (χ2n) is 3.50. The maximum Gasteiger partial charge on any atom is 0.274 e. The topological polar surface area (TPSA) is 54.9 Å². The van der Waals surface area contributed by atoms with Crippen LogP contribution in [-0.2, 0) is 0 Å². The van der Waals surface area contributed by atoms with E-state index in [4.69, 9.17) is 11.6 Å². The van der Waals surface area contributed by atoms with Crippen molar-refractivity contribution in [3.63, 3.8) is 0 Å². The number of rotatable bonds is 2. The monoisotopic (exact) mass is 247 g/mol. The van der Waals surface area contributed by atoms with E-state index in [2.05, 4.69) is 15.3 Å². The van der Waals surface area contributed by atoms with Gasteiger partial charge < -0.3 is 5.32 Å². The number of nitrogens with zero attached hydrogens (tertiary/aromatic N) is 2. The number of pyridine rings is 2. The number of amides is 1. The third kappa shape index (κ3) is 3.01. The average molecular weight is 248 g/mol. The first-order valence-corrected chi connectivity index (χ1v) is 5.38. The maximum absolute atomic E-state index is 11.8. The minimum absolute atomic E-state index is 0.284. The molecule has 86 valence electrons. The summed E-state index contributed by atoms with van der Waals surface area (Å²) < 4.78 is 0. The quantitative estimate of drug-likeness (QED) is 0.888. The molecule has 0 aliphatic heterocycles. The van der Waals surface area contributed by atoms with Crippen molar-refractivity contribution in [1.82, 2.24) is 9.97 Å². The predicted molar refractivity (Wildman–Crippen MR) is 66.2 cm³/mol. The predicted octanol–water partition coefficient (Wildman–Crippen LogP) is 2.69. The maximum atomic E-state index is 11.8. The van der Waals surface area contributed by atoms with Crippen LogP contribution in [0.2, 0.25) is 5.02 Å². The molecule has 0 unspecified atom stereocenters. The molecular formula is C12H10ClN3O. The number of hydrogen-bond donors (Lipinski definition) is 1. The Bertz CT molecular complexity index is 557. The van der Waals surface area contributed by atoms with E-state index in [1.807, 2.05) is 6.92 Å². The number of halogens is 1. The molecule has 0 aliphatic rings. The summed E-state index contributed by atoms with van der Waals surface area (Å²) in [6.45, 7) is 1.85. The highest BCUT2D eigenvalue weighted by atomic mass is 35.5. The Morgan fingerprint density at radius 3 is 2.71 bits per heavy atom. The first-order chi connectivity index (χ1) is 8.15. The van der Waals surface area contributed by atoms with Gasteiger partial charge in [-0.2, -0.15) is 0 Å². The molecule has 2 rings (SSSR count). The highest BCUT2D eigenvalue weighted by molar-refractivity contribution is 6.30. The van der Waals surface area contributed by atoms with Gasteiger partial charge in [-0.1, -0.05) is 11.6 Å². The van der Waals surface area contributed by atoms with Gasteiger partial charge in [0.1, 0.15) is 5.69 Å². The number of aryl methyl sites for hydroxylation is 1. The van der Waals surface area contributed by atoms with Crippen molar-refractivity contribution in [2.24, 2.45) is 0 Å². The molecule has 0 radical (unpaired) electrons. The normalized spacial score (nSPS) is 10.0. The van der Waals surface area contributed by atoms with Crippen molar-refractivity contribution in [2.75, 3.05) is 5.32 Å².